The lowest BCUT2D eigenvalue weighted by molar-refractivity contribution is -0.147. The lowest BCUT2D eigenvalue weighted by Gasteiger charge is -2.36. The molecule has 0 unspecified atom stereocenters. The van der Waals surface area contributed by atoms with Crippen molar-refractivity contribution in [2.45, 2.75) is 32.1 Å². The number of likely N-dealkylation sites (tertiary alicyclic amines) is 1. The highest BCUT2D eigenvalue weighted by Gasteiger charge is 2.53. The largest absolute Gasteiger partial charge is 0.366 e. The van der Waals surface area contributed by atoms with E-state index in [2.05, 4.69) is 0 Å². The smallest absolute Gasteiger partial charge is 0.242 e. The molecule has 6 nitrogen and oxygen atoms in total. The highest BCUT2D eigenvalue weighted by atomic mass is 19.1. The summed E-state index contributed by atoms with van der Waals surface area (Å²) >= 11 is 0. The first-order valence-electron chi connectivity index (χ1n) is 9.62. The molecule has 0 N–H and O–H groups in total. The van der Waals surface area contributed by atoms with Crippen molar-refractivity contribution in [1.82, 2.24) is 9.80 Å². The third kappa shape index (κ3) is 3.19. The quantitative estimate of drug-likeness (QED) is 0.758. The number of hydrogen-bond donors (Lipinski definition) is 0. The molecule has 0 atom stereocenters. The molecule has 2 heterocycles. The normalized spacial score (nSPS) is 22.2. The van der Waals surface area contributed by atoms with Crippen LogP contribution in [0.2, 0.25) is 0 Å². The summed E-state index contributed by atoms with van der Waals surface area (Å²) in [6.45, 7) is 1.79. The van der Waals surface area contributed by atoms with E-state index >= 15 is 0 Å². The van der Waals surface area contributed by atoms with E-state index in [0.717, 1.165) is 30.6 Å². The zero-order valence-corrected chi connectivity index (χ0v) is 15.3. The van der Waals surface area contributed by atoms with Crippen LogP contribution in [-0.2, 0) is 14.4 Å². The van der Waals surface area contributed by atoms with Crippen LogP contribution in [-0.4, -0.2) is 60.2 Å². The van der Waals surface area contributed by atoms with Gasteiger partial charge in [0.15, 0.2) is 0 Å². The van der Waals surface area contributed by atoms with Gasteiger partial charge in [-0.15, -0.1) is 0 Å². The highest BCUT2D eigenvalue weighted by Crippen LogP contribution is 2.46. The fourth-order valence-electron chi connectivity index (χ4n) is 4.60. The molecule has 1 aromatic carbocycles. The second-order valence-electron chi connectivity index (χ2n) is 7.77. The monoisotopic (exact) mass is 373 g/mol. The number of imide groups is 1. The maximum Gasteiger partial charge on any atom is 0.242 e. The van der Waals surface area contributed by atoms with Crippen molar-refractivity contribution in [3.63, 3.8) is 0 Å². The number of benzene rings is 1. The molecule has 4 rings (SSSR count). The van der Waals surface area contributed by atoms with E-state index in [-0.39, 0.29) is 36.5 Å². The number of para-hydroxylation sites is 1. The Hall–Kier alpha value is -2.44. The molecule has 3 amide bonds. The number of anilines is 1. The molecule has 27 heavy (non-hydrogen) atoms. The molecule has 3 fully saturated rings. The summed E-state index contributed by atoms with van der Waals surface area (Å²) in [5, 5.41) is 0. The van der Waals surface area contributed by atoms with Crippen molar-refractivity contribution in [2.24, 2.45) is 5.41 Å². The van der Waals surface area contributed by atoms with Gasteiger partial charge in [-0.3, -0.25) is 19.3 Å². The van der Waals surface area contributed by atoms with Crippen LogP contribution in [0.4, 0.5) is 10.1 Å². The molecule has 1 spiro atoms. The molecule has 2 aliphatic heterocycles. The van der Waals surface area contributed by atoms with Crippen LogP contribution in [0.1, 0.15) is 32.1 Å². The van der Waals surface area contributed by atoms with Crippen LogP contribution in [0.15, 0.2) is 24.3 Å². The number of nitrogens with zero attached hydrogens (tertiary/aromatic N) is 3. The van der Waals surface area contributed by atoms with Gasteiger partial charge in [0.1, 0.15) is 12.4 Å². The number of amides is 3. The molecule has 0 aromatic heterocycles. The number of carbonyl (C=O) groups excluding carboxylic acids is 3. The van der Waals surface area contributed by atoms with Gasteiger partial charge in [-0.05, 0) is 25.0 Å². The Bertz CT molecular complexity index is 767. The van der Waals surface area contributed by atoms with Crippen LogP contribution in [0.5, 0.6) is 0 Å². The van der Waals surface area contributed by atoms with Crippen LogP contribution in [0, 0.1) is 11.2 Å². The fourth-order valence-corrected chi connectivity index (χ4v) is 4.60. The summed E-state index contributed by atoms with van der Waals surface area (Å²) < 4.78 is 13.9. The molecule has 3 aliphatic rings. The van der Waals surface area contributed by atoms with Crippen molar-refractivity contribution in [1.29, 1.82) is 0 Å². The van der Waals surface area contributed by atoms with E-state index in [1.807, 2.05) is 4.90 Å². The van der Waals surface area contributed by atoms with Crippen molar-refractivity contribution in [3.8, 4) is 0 Å². The highest BCUT2D eigenvalue weighted by molar-refractivity contribution is 6.08. The maximum absolute atomic E-state index is 13.9. The number of halogens is 1. The van der Waals surface area contributed by atoms with E-state index in [0.29, 0.717) is 31.9 Å². The van der Waals surface area contributed by atoms with Crippen molar-refractivity contribution in [3.05, 3.63) is 30.1 Å². The lowest BCUT2D eigenvalue weighted by Crippen LogP contribution is -2.52. The standard InChI is InChI=1S/C20H24FN3O3/c21-15-5-1-2-6-16(15)22-9-11-23(12-10-22)18(26)14-24-17(25)13-20(19(24)27)7-3-4-8-20/h1-2,5-6H,3-4,7-14H2. The van der Waals surface area contributed by atoms with Crippen LogP contribution in [0.25, 0.3) is 0 Å². The third-order valence-electron chi connectivity index (χ3n) is 6.17. The number of hydrogen-bond acceptors (Lipinski definition) is 4. The predicted molar refractivity (Wildman–Crippen MR) is 97.4 cm³/mol. The Kier molecular flexibility index (Phi) is 4.61. The van der Waals surface area contributed by atoms with Gasteiger partial charge < -0.3 is 9.80 Å². The summed E-state index contributed by atoms with van der Waals surface area (Å²) in [6, 6.07) is 6.60. The summed E-state index contributed by atoms with van der Waals surface area (Å²) in [6.07, 6.45) is 3.70. The zero-order chi connectivity index (χ0) is 19.0. The Morgan fingerprint density at radius 3 is 2.37 bits per heavy atom. The Morgan fingerprint density at radius 2 is 1.70 bits per heavy atom. The zero-order valence-electron chi connectivity index (χ0n) is 15.3. The minimum atomic E-state index is -0.541. The van der Waals surface area contributed by atoms with E-state index in [1.165, 1.54) is 6.07 Å². The Balaban J connectivity index is 1.35. The Morgan fingerprint density at radius 1 is 1.04 bits per heavy atom. The molecule has 2 saturated heterocycles. The van der Waals surface area contributed by atoms with Gasteiger partial charge in [0.25, 0.3) is 0 Å². The van der Waals surface area contributed by atoms with Gasteiger partial charge in [-0.1, -0.05) is 25.0 Å². The first-order valence-corrected chi connectivity index (χ1v) is 9.62. The predicted octanol–water partition coefficient (Wildman–Crippen LogP) is 1.79. The lowest BCUT2D eigenvalue weighted by atomic mass is 9.84. The van der Waals surface area contributed by atoms with Gasteiger partial charge in [-0.25, -0.2) is 4.39 Å². The van der Waals surface area contributed by atoms with Crippen molar-refractivity contribution in [2.75, 3.05) is 37.6 Å². The summed E-state index contributed by atoms with van der Waals surface area (Å²) in [4.78, 5) is 42.4. The summed E-state index contributed by atoms with van der Waals surface area (Å²) in [5.74, 6) is -0.865. The molecule has 1 aliphatic carbocycles. The van der Waals surface area contributed by atoms with Gasteiger partial charge >= 0.3 is 0 Å². The average molecular weight is 373 g/mol. The Labute approximate surface area is 157 Å². The van der Waals surface area contributed by atoms with Gasteiger partial charge in [-0.2, -0.15) is 0 Å². The minimum Gasteiger partial charge on any atom is -0.366 e. The van der Waals surface area contributed by atoms with Crippen LogP contribution >= 0.6 is 0 Å². The van der Waals surface area contributed by atoms with E-state index in [1.54, 1.807) is 23.1 Å². The second-order valence-corrected chi connectivity index (χ2v) is 7.77. The van der Waals surface area contributed by atoms with Crippen LogP contribution < -0.4 is 4.90 Å². The first kappa shape index (κ1) is 17.9. The fraction of sp³-hybridized carbons (Fsp3) is 0.550. The topological polar surface area (TPSA) is 60.9 Å². The van der Waals surface area contributed by atoms with E-state index in [9.17, 15) is 18.8 Å². The molecule has 1 aromatic rings. The van der Waals surface area contributed by atoms with Crippen molar-refractivity contribution < 1.29 is 18.8 Å². The SMILES string of the molecule is O=C(CN1C(=O)CC2(CCCC2)C1=O)N1CCN(c2ccccc2F)CC1. The van der Waals surface area contributed by atoms with Gasteiger partial charge in [0.2, 0.25) is 17.7 Å². The molecule has 0 radical (unpaired) electrons. The first-order chi connectivity index (χ1) is 13.0. The summed E-state index contributed by atoms with van der Waals surface area (Å²) in [7, 11) is 0. The molecule has 1 saturated carbocycles. The van der Waals surface area contributed by atoms with Gasteiger partial charge in [0.05, 0.1) is 11.1 Å². The maximum atomic E-state index is 13.9. The van der Waals surface area contributed by atoms with E-state index in [4.69, 9.17) is 0 Å². The van der Waals surface area contributed by atoms with Crippen LogP contribution in [0.3, 0.4) is 0 Å². The summed E-state index contributed by atoms with van der Waals surface area (Å²) in [5.41, 5.74) is -0.00127. The average Bonchev–Trinajstić information content (AvgIpc) is 3.23. The molecule has 0 bridgehead atoms. The number of carbonyl (C=O) groups is 3. The second kappa shape index (κ2) is 6.94. The number of piperazine rings is 1. The number of rotatable bonds is 3. The molecule has 144 valence electrons. The molecule has 7 heteroatoms. The van der Waals surface area contributed by atoms with Gasteiger partial charge in [0, 0.05) is 32.6 Å². The molecular weight excluding hydrogens is 349 g/mol. The van der Waals surface area contributed by atoms with E-state index < -0.39 is 5.41 Å². The molecular formula is C20H24FN3O3. The minimum absolute atomic E-state index is 0.164. The van der Waals surface area contributed by atoms with Crippen molar-refractivity contribution >= 4 is 23.4 Å². The third-order valence-corrected chi connectivity index (χ3v) is 6.17.